The van der Waals surface area contributed by atoms with Crippen molar-refractivity contribution in [1.82, 2.24) is 9.13 Å². The Morgan fingerprint density at radius 3 is 1.69 bits per heavy atom. The lowest BCUT2D eigenvalue weighted by Crippen LogP contribution is -2.44. The summed E-state index contributed by atoms with van der Waals surface area (Å²) in [7, 11) is 2.74. The van der Waals surface area contributed by atoms with Gasteiger partial charge in [-0.2, -0.15) is 0 Å². The van der Waals surface area contributed by atoms with Crippen LogP contribution in [0.25, 0.3) is 0 Å². The maximum atomic E-state index is 13.4. The first-order valence-electron chi connectivity index (χ1n) is 7.76. The Labute approximate surface area is 147 Å². The second-order valence-corrected chi connectivity index (χ2v) is 6.02. The molecule has 1 aromatic heterocycles. The highest BCUT2D eigenvalue weighted by Gasteiger charge is 2.37. The van der Waals surface area contributed by atoms with Crippen LogP contribution in [0.3, 0.4) is 0 Å². The third-order valence-corrected chi connectivity index (χ3v) is 4.36. The van der Waals surface area contributed by atoms with Crippen LogP contribution in [0.15, 0.2) is 64.3 Å². The SMILES string of the molecule is Cn1cc(C(O)(c2ccc(F)cc2)c2ccc(F)cc2)c(=O)n(C)c1=O. The molecule has 0 aliphatic heterocycles. The fourth-order valence-electron chi connectivity index (χ4n) is 2.92. The average molecular weight is 358 g/mol. The minimum atomic E-state index is -2.00. The zero-order valence-corrected chi connectivity index (χ0v) is 14.1. The second-order valence-electron chi connectivity index (χ2n) is 6.02. The van der Waals surface area contributed by atoms with E-state index in [1.54, 1.807) is 0 Å². The molecule has 0 unspecified atom stereocenters. The summed E-state index contributed by atoms with van der Waals surface area (Å²) in [5.41, 5.74) is -2.95. The van der Waals surface area contributed by atoms with E-state index in [1.165, 1.54) is 44.6 Å². The molecule has 0 spiro atoms. The van der Waals surface area contributed by atoms with E-state index in [9.17, 15) is 23.5 Å². The third kappa shape index (κ3) is 2.76. The summed E-state index contributed by atoms with van der Waals surface area (Å²) in [5.74, 6) is -1.02. The maximum Gasteiger partial charge on any atom is 0.330 e. The zero-order chi connectivity index (χ0) is 19.1. The Kier molecular flexibility index (Phi) is 4.33. The minimum Gasteiger partial charge on any atom is -0.376 e. The van der Waals surface area contributed by atoms with Crippen molar-refractivity contribution in [3.63, 3.8) is 0 Å². The molecule has 1 N–H and O–H groups in total. The van der Waals surface area contributed by atoms with Crippen LogP contribution in [-0.4, -0.2) is 14.2 Å². The molecule has 3 rings (SSSR count). The maximum absolute atomic E-state index is 13.4. The normalized spacial score (nSPS) is 11.6. The molecule has 2 aromatic carbocycles. The highest BCUT2D eigenvalue weighted by molar-refractivity contribution is 5.45. The number of nitrogens with zero attached hydrogens (tertiary/aromatic N) is 2. The third-order valence-electron chi connectivity index (χ3n) is 4.36. The predicted molar refractivity (Wildman–Crippen MR) is 91.8 cm³/mol. The van der Waals surface area contributed by atoms with Gasteiger partial charge in [-0.3, -0.25) is 9.36 Å². The van der Waals surface area contributed by atoms with Crippen molar-refractivity contribution in [3.8, 4) is 0 Å². The monoisotopic (exact) mass is 358 g/mol. The molecule has 3 aromatic rings. The van der Waals surface area contributed by atoms with Crippen molar-refractivity contribution in [2.24, 2.45) is 14.1 Å². The lowest BCUT2D eigenvalue weighted by Gasteiger charge is -2.29. The van der Waals surface area contributed by atoms with Crippen molar-refractivity contribution in [1.29, 1.82) is 0 Å². The van der Waals surface area contributed by atoms with Crippen molar-refractivity contribution < 1.29 is 13.9 Å². The number of hydrogen-bond donors (Lipinski definition) is 1. The lowest BCUT2D eigenvalue weighted by molar-refractivity contribution is 0.122. The molecule has 0 atom stereocenters. The van der Waals surface area contributed by atoms with Gasteiger partial charge in [0.15, 0.2) is 0 Å². The Morgan fingerprint density at radius 2 is 1.27 bits per heavy atom. The molecule has 134 valence electrons. The van der Waals surface area contributed by atoms with E-state index in [1.807, 2.05) is 0 Å². The molecule has 0 fully saturated rings. The van der Waals surface area contributed by atoms with E-state index in [0.717, 1.165) is 33.4 Å². The van der Waals surface area contributed by atoms with Gasteiger partial charge in [-0.15, -0.1) is 0 Å². The van der Waals surface area contributed by atoms with Crippen LogP contribution >= 0.6 is 0 Å². The zero-order valence-electron chi connectivity index (χ0n) is 14.1. The fraction of sp³-hybridized carbons (Fsp3) is 0.158. The standard InChI is InChI=1S/C19H16F2N2O3/c1-22-11-16(17(24)23(2)18(22)25)19(26,12-3-7-14(20)8-4-12)13-5-9-15(21)10-6-13/h3-11,26H,1-2H3. The van der Waals surface area contributed by atoms with E-state index < -0.39 is 28.5 Å². The number of benzene rings is 2. The summed E-state index contributed by atoms with van der Waals surface area (Å²) in [6.07, 6.45) is 1.23. The number of rotatable bonds is 3. The number of aliphatic hydroxyl groups is 1. The van der Waals surface area contributed by atoms with Gasteiger partial charge in [-0.1, -0.05) is 24.3 Å². The number of aromatic nitrogens is 2. The summed E-state index contributed by atoms with van der Waals surface area (Å²) in [5, 5.41) is 11.6. The van der Waals surface area contributed by atoms with Crippen LogP contribution in [0.4, 0.5) is 8.78 Å². The summed E-state index contributed by atoms with van der Waals surface area (Å²) < 4.78 is 28.7. The van der Waals surface area contributed by atoms with Gasteiger partial charge < -0.3 is 9.67 Å². The highest BCUT2D eigenvalue weighted by Crippen LogP contribution is 2.34. The van der Waals surface area contributed by atoms with Crippen LogP contribution in [-0.2, 0) is 19.7 Å². The van der Waals surface area contributed by atoms with E-state index in [2.05, 4.69) is 0 Å². The van der Waals surface area contributed by atoms with Gasteiger partial charge in [0, 0.05) is 20.3 Å². The molecule has 7 heteroatoms. The van der Waals surface area contributed by atoms with Crippen molar-refractivity contribution in [3.05, 3.63) is 104 Å². The van der Waals surface area contributed by atoms with Crippen molar-refractivity contribution in [2.75, 3.05) is 0 Å². The van der Waals surface area contributed by atoms with Gasteiger partial charge in [0.2, 0.25) is 0 Å². The molecule has 0 radical (unpaired) electrons. The van der Waals surface area contributed by atoms with Crippen molar-refractivity contribution >= 4 is 0 Å². The first-order valence-corrected chi connectivity index (χ1v) is 7.76. The minimum absolute atomic E-state index is 0.111. The van der Waals surface area contributed by atoms with Gasteiger partial charge in [0.05, 0.1) is 5.56 Å². The predicted octanol–water partition coefficient (Wildman–Crippen LogP) is 1.65. The van der Waals surface area contributed by atoms with Crippen molar-refractivity contribution in [2.45, 2.75) is 5.60 Å². The molecule has 5 nitrogen and oxygen atoms in total. The van der Waals surface area contributed by atoms with Crippen LogP contribution in [0.1, 0.15) is 16.7 Å². The van der Waals surface area contributed by atoms with Gasteiger partial charge >= 0.3 is 5.69 Å². The Bertz CT molecular complexity index is 1020. The van der Waals surface area contributed by atoms with Gasteiger partial charge in [-0.05, 0) is 35.4 Å². The molecule has 1 heterocycles. The summed E-state index contributed by atoms with van der Waals surface area (Å²) in [6.45, 7) is 0. The highest BCUT2D eigenvalue weighted by atomic mass is 19.1. The van der Waals surface area contributed by atoms with Crippen LogP contribution in [0, 0.1) is 11.6 Å². The summed E-state index contributed by atoms with van der Waals surface area (Å²) in [6, 6.07) is 9.94. The van der Waals surface area contributed by atoms with E-state index >= 15 is 0 Å². The molecular weight excluding hydrogens is 342 g/mol. The van der Waals surface area contributed by atoms with Gasteiger partial charge in [-0.25, -0.2) is 13.6 Å². The first kappa shape index (κ1) is 17.8. The quantitative estimate of drug-likeness (QED) is 0.774. The molecule has 0 aliphatic carbocycles. The number of halogens is 2. The second kappa shape index (κ2) is 6.34. The number of hydrogen-bond acceptors (Lipinski definition) is 3. The molecule has 0 aliphatic rings. The summed E-state index contributed by atoms with van der Waals surface area (Å²) >= 11 is 0. The van der Waals surface area contributed by atoms with Gasteiger partial charge in [0.1, 0.15) is 17.2 Å². The van der Waals surface area contributed by atoms with E-state index in [-0.39, 0.29) is 16.7 Å². The lowest BCUT2D eigenvalue weighted by atomic mass is 9.81. The first-order chi connectivity index (χ1) is 12.2. The Balaban J connectivity index is 2.39. The van der Waals surface area contributed by atoms with E-state index in [4.69, 9.17) is 0 Å². The van der Waals surface area contributed by atoms with Gasteiger partial charge in [0.25, 0.3) is 5.56 Å². The average Bonchev–Trinajstić information content (AvgIpc) is 2.63. The van der Waals surface area contributed by atoms with Crippen LogP contribution in [0.2, 0.25) is 0 Å². The smallest absolute Gasteiger partial charge is 0.330 e. The van der Waals surface area contributed by atoms with Crippen LogP contribution in [0.5, 0.6) is 0 Å². The largest absolute Gasteiger partial charge is 0.376 e. The Morgan fingerprint density at radius 1 is 0.846 bits per heavy atom. The molecule has 26 heavy (non-hydrogen) atoms. The summed E-state index contributed by atoms with van der Waals surface area (Å²) in [4.78, 5) is 24.7. The van der Waals surface area contributed by atoms with Crippen LogP contribution < -0.4 is 11.2 Å². The fourth-order valence-corrected chi connectivity index (χ4v) is 2.92. The molecular formula is C19H16F2N2O3. The Hall–Kier alpha value is -3.06. The molecule has 0 amide bonds. The number of aryl methyl sites for hydroxylation is 1. The van der Waals surface area contributed by atoms with E-state index in [0.29, 0.717) is 0 Å². The topological polar surface area (TPSA) is 64.2 Å². The molecule has 0 saturated heterocycles. The molecule has 0 saturated carbocycles. The molecule has 0 bridgehead atoms.